The van der Waals surface area contributed by atoms with E-state index in [0.717, 1.165) is 12.8 Å². The van der Waals surface area contributed by atoms with E-state index in [1.807, 2.05) is 13.8 Å². The molecule has 2 heteroatoms. The van der Waals surface area contributed by atoms with E-state index in [0.29, 0.717) is 0 Å². The molecule has 0 radical (unpaired) electrons. The number of aliphatic hydroxyl groups excluding tert-OH is 1. The van der Waals surface area contributed by atoms with E-state index in [4.69, 9.17) is 5.11 Å². The molecule has 0 bridgehead atoms. The van der Waals surface area contributed by atoms with Crippen molar-refractivity contribution in [3.8, 4) is 0 Å². The molecule has 1 nitrogen and oxygen atoms in total. The molecule has 0 aromatic carbocycles. The van der Waals surface area contributed by atoms with Crippen molar-refractivity contribution >= 4 is 37.7 Å². The topological polar surface area (TPSA) is 20.2 Å². The minimum atomic E-state index is -0.0648. The summed E-state index contributed by atoms with van der Waals surface area (Å²) in [6.45, 7) is 3.96. The third kappa shape index (κ3) is 7.22. The molecule has 0 aliphatic heterocycles. The average Bonchev–Trinajstić information content (AvgIpc) is 1.65. The second kappa shape index (κ2) is 7.22. The molecular formula is C5H14CaO. The van der Waals surface area contributed by atoms with Crippen molar-refractivity contribution in [2.75, 3.05) is 0 Å². The number of aliphatic hydroxyl groups is 1. The summed E-state index contributed by atoms with van der Waals surface area (Å²) in [4.78, 5) is 0. The fourth-order valence-corrected chi connectivity index (χ4v) is 0.289. The Kier molecular flexibility index (Phi) is 11.4. The molecular weight excluding hydrogens is 116 g/mol. The maximum absolute atomic E-state index is 8.67. The first kappa shape index (κ1) is 11.1. The number of hydrogen-bond donors (Lipinski definition) is 1. The molecule has 0 fully saturated rings. The number of hydrogen-bond acceptors (Lipinski definition) is 1. The normalized spacial score (nSPS) is 8.57. The molecule has 0 spiro atoms. The largest absolute Gasteiger partial charge is 2.00 e. The first-order chi connectivity index (χ1) is 2.81. The molecule has 0 rings (SSSR count). The van der Waals surface area contributed by atoms with Gasteiger partial charge in [-0.1, -0.05) is 13.8 Å². The van der Waals surface area contributed by atoms with Crippen molar-refractivity contribution in [3.05, 3.63) is 0 Å². The molecule has 0 unspecified atom stereocenters. The van der Waals surface area contributed by atoms with Gasteiger partial charge in [-0.3, -0.25) is 0 Å². The molecule has 0 saturated heterocycles. The summed E-state index contributed by atoms with van der Waals surface area (Å²) in [5, 5.41) is 8.67. The van der Waals surface area contributed by atoms with Crippen LogP contribution in [0.5, 0.6) is 0 Å². The van der Waals surface area contributed by atoms with Crippen molar-refractivity contribution in [2.45, 2.75) is 32.8 Å². The summed E-state index contributed by atoms with van der Waals surface area (Å²) < 4.78 is 0. The molecule has 0 amide bonds. The maximum Gasteiger partial charge on any atom is 2.00 e. The Morgan fingerprint density at radius 3 is 1.71 bits per heavy atom. The predicted molar refractivity (Wildman–Crippen MR) is 34.6 cm³/mol. The second-order valence-corrected chi connectivity index (χ2v) is 1.47. The zero-order valence-electron chi connectivity index (χ0n) is 7.15. The van der Waals surface area contributed by atoms with Gasteiger partial charge in [0.05, 0.1) is 6.10 Å². The molecule has 0 aromatic heterocycles. The van der Waals surface area contributed by atoms with Crippen LogP contribution in [0, 0.1) is 0 Å². The average molecular weight is 130 g/mol. The minimum Gasteiger partial charge on any atom is -1.00 e. The Balaban J connectivity index is -0.0000000417. The fourth-order valence-electron chi connectivity index (χ4n) is 0.289. The molecule has 42 valence electrons. The van der Waals surface area contributed by atoms with Crippen LogP contribution in [0.2, 0.25) is 0 Å². The van der Waals surface area contributed by atoms with Crippen molar-refractivity contribution in [1.82, 2.24) is 0 Å². The van der Waals surface area contributed by atoms with E-state index in [1.54, 1.807) is 0 Å². The van der Waals surface area contributed by atoms with Gasteiger partial charge in [0.1, 0.15) is 0 Å². The van der Waals surface area contributed by atoms with Gasteiger partial charge in [-0.15, -0.1) is 0 Å². The summed E-state index contributed by atoms with van der Waals surface area (Å²) in [5.41, 5.74) is 0. The third-order valence-corrected chi connectivity index (χ3v) is 0.942. The van der Waals surface area contributed by atoms with E-state index >= 15 is 0 Å². The van der Waals surface area contributed by atoms with Crippen LogP contribution in [0.1, 0.15) is 29.5 Å². The van der Waals surface area contributed by atoms with Gasteiger partial charge in [-0.25, -0.2) is 0 Å². The van der Waals surface area contributed by atoms with Crippen molar-refractivity contribution in [2.24, 2.45) is 0 Å². The standard InChI is InChI=1S/C5H12O.Ca.2H/c1-3-5(6)4-2;;;/h5-6H,3-4H2,1-2H3;;;/q;+2;2*-1. The zero-order chi connectivity index (χ0) is 4.99. The van der Waals surface area contributed by atoms with Gasteiger partial charge >= 0.3 is 37.7 Å². The third-order valence-electron chi connectivity index (χ3n) is 0.942. The molecule has 1 N–H and O–H groups in total. The summed E-state index contributed by atoms with van der Waals surface area (Å²) >= 11 is 0. The number of rotatable bonds is 2. The van der Waals surface area contributed by atoms with Gasteiger partial charge in [0.15, 0.2) is 0 Å². The van der Waals surface area contributed by atoms with E-state index in [2.05, 4.69) is 0 Å². The second-order valence-electron chi connectivity index (χ2n) is 1.47. The summed E-state index contributed by atoms with van der Waals surface area (Å²) in [6, 6.07) is 0. The van der Waals surface area contributed by atoms with Gasteiger partial charge in [0, 0.05) is 0 Å². The zero-order valence-corrected chi connectivity index (χ0v) is 7.35. The molecule has 0 aromatic rings. The van der Waals surface area contributed by atoms with Gasteiger partial charge < -0.3 is 7.96 Å². The Hall–Kier alpha value is 1.22. The predicted octanol–water partition coefficient (Wildman–Crippen LogP) is 1.01. The van der Waals surface area contributed by atoms with Crippen LogP contribution in [0.25, 0.3) is 0 Å². The van der Waals surface area contributed by atoms with Crippen LogP contribution in [-0.2, 0) is 0 Å². The molecule has 7 heavy (non-hydrogen) atoms. The van der Waals surface area contributed by atoms with E-state index in [9.17, 15) is 0 Å². The van der Waals surface area contributed by atoms with Crippen molar-refractivity contribution in [3.63, 3.8) is 0 Å². The first-order valence-corrected chi connectivity index (χ1v) is 2.49. The Morgan fingerprint density at radius 2 is 1.71 bits per heavy atom. The van der Waals surface area contributed by atoms with E-state index in [1.165, 1.54) is 0 Å². The van der Waals surface area contributed by atoms with Crippen LogP contribution in [0.4, 0.5) is 0 Å². The molecule has 0 atom stereocenters. The molecule has 0 aliphatic carbocycles. The molecule has 0 saturated carbocycles. The van der Waals surface area contributed by atoms with Crippen LogP contribution < -0.4 is 0 Å². The van der Waals surface area contributed by atoms with E-state index in [-0.39, 0.29) is 46.7 Å². The Bertz CT molecular complexity index is 34.1. The van der Waals surface area contributed by atoms with Crippen molar-refractivity contribution in [1.29, 1.82) is 0 Å². The van der Waals surface area contributed by atoms with Crippen LogP contribution >= 0.6 is 0 Å². The molecule has 0 heterocycles. The van der Waals surface area contributed by atoms with E-state index < -0.39 is 0 Å². The van der Waals surface area contributed by atoms with Gasteiger partial charge in [0.25, 0.3) is 0 Å². The minimum absolute atomic E-state index is 0. The Labute approximate surface area is 78.1 Å². The smallest absolute Gasteiger partial charge is 1.00 e. The summed E-state index contributed by atoms with van der Waals surface area (Å²) in [6.07, 6.45) is 1.71. The first-order valence-electron chi connectivity index (χ1n) is 2.49. The van der Waals surface area contributed by atoms with Crippen LogP contribution in [0.15, 0.2) is 0 Å². The van der Waals surface area contributed by atoms with Crippen LogP contribution in [0.3, 0.4) is 0 Å². The van der Waals surface area contributed by atoms with Crippen molar-refractivity contribution < 1.29 is 7.96 Å². The SMILES string of the molecule is CCC(O)CC.[Ca+2].[H-].[H-]. The van der Waals surface area contributed by atoms with Gasteiger partial charge in [-0.05, 0) is 12.8 Å². The maximum atomic E-state index is 8.67. The quantitative estimate of drug-likeness (QED) is 0.553. The summed E-state index contributed by atoms with van der Waals surface area (Å²) in [5.74, 6) is 0. The fraction of sp³-hybridized carbons (Fsp3) is 1.00. The van der Waals surface area contributed by atoms with Gasteiger partial charge in [-0.2, -0.15) is 0 Å². The van der Waals surface area contributed by atoms with Gasteiger partial charge in [0.2, 0.25) is 0 Å². The molecule has 0 aliphatic rings. The summed E-state index contributed by atoms with van der Waals surface area (Å²) in [7, 11) is 0. The Morgan fingerprint density at radius 1 is 1.43 bits per heavy atom. The van der Waals surface area contributed by atoms with Crippen LogP contribution in [-0.4, -0.2) is 48.9 Å². The monoisotopic (exact) mass is 130 g/mol.